The van der Waals surface area contributed by atoms with Crippen LogP contribution in [0.3, 0.4) is 0 Å². The number of aromatic amines is 2. The van der Waals surface area contributed by atoms with Crippen molar-refractivity contribution in [2.24, 2.45) is 0 Å². The summed E-state index contributed by atoms with van der Waals surface area (Å²) in [7, 11) is 0. The quantitative estimate of drug-likeness (QED) is 0.436. The molecule has 0 amide bonds. The fourth-order valence-electron chi connectivity index (χ4n) is 2.61. The number of anilines is 3. The number of para-hydroxylation sites is 1. The minimum absolute atomic E-state index is 0.226. The molecule has 0 atom stereocenters. The predicted octanol–water partition coefficient (Wildman–Crippen LogP) is 3.24. The van der Waals surface area contributed by atoms with E-state index in [1.165, 1.54) is 0 Å². The molecule has 5 N–H and O–H groups in total. The molecule has 4 aromatic rings. The lowest BCUT2D eigenvalue weighted by atomic mass is 10.1. The first kappa shape index (κ1) is 14.1. The monoisotopic (exact) mass is 317 g/mol. The second-order valence-electron chi connectivity index (χ2n) is 5.47. The Bertz CT molecular complexity index is 1060. The van der Waals surface area contributed by atoms with Gasteiger partial charge in [0.1, 0.15) is 11.4 Å². The van der Waals surface area contributed by atoms with Gasteiger partial charge in [-0.2, -0.15) is 0 Å². The zero-order valence-corrected chi connectivity index (χ0v) is 12.7. The van der Waals surface area contributed by atoms with Crippen LogP contribution in [0.25, 0.3) is 22.2 Å². The van der Waals surface area contributed by atoms with Gasteiger partial charge in [-0.25, -0.2) is 4.98 Å². The molecule has 0 bridgehead atoms. The van der Waals surface area contributed by atoms with Crippen LogP contribution in [-0.2, 0) is 0 Å². The molecule has 2 aromatic heterocycles. The molecular formula is C18H15N5O. The Morgan fingerprint density at radius 3 is 2.54 bits per heavy atom. The number of H-pyrrole nitrogens is 2. The molecule has 0 fully saturated rings. The third kappa shape index (κ3) is 2.50. The maximum atomic E-state index is 12.2. The highest BCUT2D eigenvalue weighted by atomic mass is 16.1. The molecule has 0 spiro atoms. The number of nitrogens with zero attached hydrogens (tertiary/aromatic N) is 1. The van der Waals surface area contributed by atoms with E-state index in [4.69, 9.17) is 5.73 Å². The minimum atomic E-state index is -0.226. The summed E-state index contributed by atoms with van der Waals surface area (Å²) in [4.78, 5) is 16.8. The normalized spacial score (nSPS) is 10.8. The third-order valence-electron chi connectivity index (χ3n) is 3.81. The molecular weight excluding hydrogens is 302 g/mol. The zero-order chi connectivity index (χ0) is 16.5. The number of nitrogen functional groups attached to an aromatic ring is 1. The molecule has 4 rings (SSSR count). The number of hydrogen-bond donors (Lipinski definition) is 4. The van der Waals surface area contributed by atoms with Gasteiger partial charge in [-0.15, -0.1) is 0 Å². The van der Waals surface area contributed by atoms with Gasteiger partial charge >= 0.3 is 0 Å². The lowest BCUT2D eigenvalue weighted by Gasteiger charge is -2.07. The third-order valence-corrected chi connectivity index (χ3v) is 3.81. The van der Waals surface area contributed by atoms with Crippen LogP contribution in [0.5, 0.6) is 0 Å². The van der Waals surface area contributed by atoms with Crippen molar-refractivity contribution in [1.29, 1.82) is 0 Å². The van der Waals surface area contributed by atoms with Gasteiger partial charge in [0.25, 0.3) is 5.56 Å². The Labute approximate surface area is 137 Å². The van der Waals surface area contributed by atoms with Gasteiger partial charge in [0.05, 0.1) is 11.2 Å². The number of fused-ring (bicyclic) bond motifs is 1. The summed E-state index contributed by atoms with van der Waals surface area (Å²) in [5.74, 6) is 0.563. The van der Waals surface area contributed by atoms with Crippen LogP contribution in [0.1, 0.15) is 0 Å². The van der Waals surface area contributed by atoms with Gasteiger partial charge < -0.3 is 11.1 Å². The number of benzene rings is 2. The Kier molecular flexibility index (Phi) is 3.28. The maximum absolute atomic E-state index is 12.2. The average molecular weight is 317 g/mol. The van der Waals surface area contributed by atoms with Crippen LogP contribution in [0, 0.1) is 0 Å². The highest BCUT2D eigenvalue weighted by Gasteiger charge is 2.14. The topological polar surface area (TPSA) is 99.6 Å². The van der Waals surface area contributed by atoms with E-state index in [2.05, 4.69) is 20.5 Å². The van der Waals surface area contributed by atoms with Crippen molar-refractivity contribution in [3.8, 4) is 11.3 Å². The molecule has 0 radical (unpaired) electrons. The van der Waals surface area contributed by atoms with Gasteiger partial charge in [-0.3, -0.25) is 15.0 Å². The van der Waals surface area contributed by atoms with Crippen molar-refractivity contribution in [2.75, 3.05) is 11.1 Å². The molecule has 0 saturated heterocycles. The number of hydrogen-bond acceptors (Lipinski definition) is 4. The van der Waals surface area contributed by atoms with Crippen molar-refractivity contribution in [1.82, 2.24) is 15.2 Å². The van der Waals surface area contributed by atoms with Gasteiger partial charge in [0.15, 0.2) is 0 Å². The largest absolute Gasteiger partial charge is 0.399 e. The lowest BCUT2D eigenvalue weighted by Crippen LogP contribution is -2.04. The fraction of sp³-hybridized carbons (Fsp3) is 0. The molecule has 2 aromatic carbocycles. The standard InChI is InChI=1S/C18H15N5O/c19-12-6-8-13(9-7-12)20-17-16(18(24)23-22-17)15-10-5-11-3-1-2-4-14(11)21-15/h1-10H,19H2,(H3,20,22,23,24). The van der Waals surface area contributed by atoms with Crippen molar-refractivity contribution in [2.45, 2.75) is 0 Å². The van der Waals surface area contributed by atoms with Crippen molar-refractivity contribution < 1.29 is 0 Å². The molecule has 0 aliphatic heterocycles. The minimum Gasteiger partial charge on any atom is -0.399 e. The second-order valence-corrected chi connectivity index (χ2v) is 5.47. The van der Waals surface area contributed by atoms with Crippen LogP contribution in [0.4, 0.5) is 17.2 Å². The van der Waals surface area contributed by atoms with E-state index in [1.807, 2.05) is 48.5 Å². The van der Waals surface area contributed by atoms with Gasteiger partial charge in [0.2, 0.25) is 0 Å². The van der Waals surface area contributed by atoms with Crippen molar-refractivity contribution in [3.63, 3.8) is 0 Å². The Hall–Kier alpha value is -3.54. The predicted molar refractivity (Wildman–Crippen MR) is 96.3 cm³/mol. The molecule has 0 unspecified atom stereocenters. The van der Waals surface area contributed by atoms with Crippen molar-refractivity contribution >= 4 is 28.1 Å². The van der Waals surface area contributed by atoms with Crippen LogP contribution in [0.2, 0.25) is 0 Å². The summed E-state index contributed by atoms with van der Waals surface area (Å²) >= 11 is 0. The van der Waals surface area contributed by atoms with Gasteiger partial charge in [-0.1, -0.05) is 24.3 Å². The van der Waals surface area contributed by atoms with Crippen LogP contribution in [0.15, 0.2) is 65.5 Å². The first-order valence-corrected chi connectivity index (χ1v) is 7.50. The summed E-state index contributed by atoms with van der Waals surface area (Å²) in [6.07, 6.45) is 0. The molecule has 2 heterocycles. The first-order valence-electron chi connectivity index (χ1n) is 7.50. The summed E-state index contributed by atoms with van der Waals surface area (Å²) in [5.41, 5.74) is 8.89. The zero-order valence-electron chi connectivity index (χ0n) is 12.7. The number of pyridine rings is 1. The van der Waals surface area contributed by atoms with E-state index in [9.17, 15) is 4.79 Å². The second kappa shape index (κ2) is 5.58. The lowest BCUT2D eigenvalue weighted by molar-refractivity contribution is 1.06. The highest BCUT2D eigenvalue weighted by Crippen LogP contribution is 2.26. The number of nitrogens with one attached hydrogen (secondary N) is 3. The summed E-state index contributed by atoms with van der Waals surface area (Å²) in [5, 5.41) is 9.69. The van der Waals surface area contributed by atoms with E-state index >= 15 is 0 Å². The number of nitrogens with two attached hydrogens (primary N) is 1. The van der Waals surface area contributed by atoms with E-state index in [0.29, 0.717) is 22.8 Å². The summed E-state index contributed by atoms with van der Waals surface area (Å²) in [6.45, 7) is 0. The number of rotatable bonds is 3. The van der Waals surface area contributed by atoms with E-state index in [0.717, 1.165) is 16.6 Å². The van der Waals surface area contributed by atoms with E-state index in [-0.39, 0.29) is 5.56 Å². The molecule has 0 aliphatic carbocycles. The molecule has 118 valence electrons. The van der Waals surface area contributed by atoms with Gasteiger partial charge in [0, 0.05) is 16.8 Å². The molecule has 24 heavy (non-hydrogen) atoms. The summed E-state index contributed by atoms with van der Waals surface area (Å²) in [6, 6.07) is 18.9. The van der Waals surface area contributed by atoms with Crippen LogP contribution < -0.4 is 16.6 Å². The maximum Gasteiger partial charge on any atom is 0.275 e. The van der Waals surface area contributed by atoms with Crippen LogP contribution >= 0.6 is 0 Å². The Morgan fingerprint density at radius 1 is 0.917 bits per heavy atom. The average Bonchev–Trinajstić information content (AvgIpc) is 2.97. The fourth-order valence-corrected chi connectivity index (χ4v) is 2.61. The van der Waals surface area contributed by atoms with Gasteiger partial charge in [-0.05, 0) is 36.4 Å². The van der Waals surface area contributed by atoms with E-state index in [1.54, 1.807) is 12.1 Å². The smallest absolute Gasteiger partial charge is 0.275 e. The SMILES string of the molecule is Nc1ccc(Nc2[nH][nH]c(=O)c2-c2ccc3ccccc3n2)cc1. The number of aromatic nitrogens is 3. The molecule has 0 saturated carbocycles. The molecule has 0 aliphatic rings. The van der Waals surface area contributed by atoms with E-state index < -0.39 is 0 Å². The Morgan fingerprint density at radius 2 is 1.71 bits per heavy atom. The Balaban J connectivity index is 1.78. The molecule has 6 nitrogen and oxygen atoms in total. The van der Waals surface area contributed by atoms with Crippen LogP contribution in [-0.4, -0.2) is 15.2 Å². The first-order chi connectivity index (χ1) is 11.7. The summed E-state index contributed by atoms with van der Waals surface area (Å²) < 4.78 is 0. The van der Waals surface area contributed by atoms with Crippen molar-refractivity contribution in [3.05, 3.63) is 71.0 Å². The molecule has 6 heteroatoms. The highest BCUT2D eigenvalue weighted by molar-refractivity contribution is 5.84.